The summed E-state index contributed by atoms with van der Waals surface area (Å²) in [7, 11) is 0. The second-order valence-corrected chi connectivity index (χ2v) is 4.67. The molecule has 0 aliphatic rings. The highest BCUT2D eigenvalue weighted by atomic mass is 35.5. The average molecular weight is 252 g/mol. The molecule has 3 heteroatoms. The summed E-state index contributed by atoms with van der Waals surface area (Å²) < 4.78 is 5.87. The number of hydrogen-bond donors (Lipinski definition) is 1. The molecule has 1 aromatic heterocycles. The summed E-state index contributed by atoms with van der Waals surface area (Å²) in [5, 5.41) is 5.27. The van der Waals surface area contributed by atoms with Gasteiger partial charge in [-0.3, -0.25) is 0 Å². The molecule has 1 unspecified atom stereocenters. The van der Waals surface area contributed by atoms with Crippen molar-refractivity contribution in [1.29, 1.82) is 0 Å². The zero-order chi connectivity index (χ0) is 12.3. The van der Waals surface area contributed by atoms with Crippen molar-refractivity contribution < 1.29 is 4.42 Å². The van der Waals surface area contributed by atoms with E-state index < -0.39 is 0 Å². The molecule has 1 atom stereocenters. The minimum absolute atomic E-state index is 0.302. The van der Waals surface area contributed by atoms with Crippen molar-refractivity contribution in [3.8, 4) is 0 Å². The molecule has 17 heavy (non-hydrogen) atoms. The molecule has 0 saturated heterocycles. The maximum atomic E-state index is 5.97. The van der Waals surface area contributed by atoms with Gasteiger partial charge in [-0.15, -0.1) is 0 Å². The van der Waals surface area contributed by atoms with Crippen LogP contribution in [0.2, 0.25) is 5.02 Å². The Morgan fingerprint density at radius 3 is 2.82 bits per heavy atom. The first-order chi connectivity index (χ1) is 8.24. The van der Waals surface area contributed by atoms with Gasteiger partial charge in [-0.05, 0) is 37.2 Å². The fraction of sp³-hybridized carbons (Fsp3) is 0.429. The van der Waals surface area contributed by atoms with Crippen molar-refractivity contribution in [2.24, 2.45) is 0 Å². The monoisotopic (exact) mass is 251 g/mol. The van der Waals surface area contributed by atoms with Crippen LogP contribution in [0.5, 0.6) is 0 Å². The maximum Gasteiger partial charge on any atom is 0.134 e. The molecule has 0 aliphatic carbocycles. The lowest BCUT2D eigenvalue weighted by molar-refractivity contribution is 0.414. The number of rotatable bonds is 5. The Morgan fingerprint density at radius 2 is 2.12 bits per heavy atom. The van der Waals surface area contributed by atoms with Crippen molar-refractivity contribution in [3.05, 3.63) is 35.0 Å². The smallest absolute Gasteiger partial charge is 0.134 e. The molecule has 1 aromatic carbocycles. The van der Waals surface area contributed by atoms with Crippen LogP contribution in [0, 0.1) is 0 Å². The predicted octanol–water partition coefficient (Wildman–Crippen LogP) is 4.54. The SMILES string of the molecule is CCCC(NCC)c1cc2cc(Cl)ccc2o1. The molecule has 0 fully saturated rings. The van der Waals surface area contributed by atoms with Gasteiger partial charge in [-0.1, -0.05) is 31.9 Å². The van der Waals surface area contributed by atoms with Crippen LogP contribution < -0.4 is 5.32 Å². The largest absolute Gasteiger partial charge is 0.459 e. The van der Waals surface area contributed by atoms with Crippen LogP contribution >= 0.6 is 11.6 Å². The van der Waals surface area contributed by atoms with E-state index in [1.165, 1.54) is 0 Å². The van der Waals surface area contributed by atoms with Crippen molar-refractivity contribution in [2.75, 3.05) is 6.54 Å². The second-order valence-electron chi connectivity index (χ2n) is 4.23. The number of benzene rings is 1. The van der Waals surface area contributed by atoms with Crippen LogP contribution in [0.15, 0.2) is 28.7 Å². The molecule has 2 rings (SSSR count). The van der Waals surface area contributed by atoms with E-state index in [0.29, 0.717) is 6.04 Å². The van der Waals surface area contributed by atoms with Crippen molar-refractivity contribution in [3.63, 3.8) is 0 Å². The van der Waals surface area contributed by atoms with Crippen molar-refractivity contribution >= 4 is 22.6 Å². The summed E-state index contributed by atoms with van der Waals surface area (Å²) in [5.74, 6) is 1.01. The number of furan rings is 1. The molecule has 2 nitrogen and oxygen atoms in total. The molecule has 92 valence electrons. The van der Waals surface area contributed by atoms with Gasteiger partial charge >= 0.3 is 0 Å². The fourth-order valence-corrected chi connectivity index (χ4v) is 2.27. The highest BCUT2D eigenvalue weighted by Crippen LogP contribution is 2.28. The summed E-state index contributed by atoms with van der Waals surface area (Å²) in [5.41, 5.74) is 0.906. The summed E-state index contributed by atoms with van der Waals surface area (Å²) >= 11 is 5.97. The third-order valence-electron chi connectivity index (χ3n) is 2.87. The van der Waals surface area contributed by atoms with E-state index in [0.717, 1.165) is 41.1 Å². The Hall–Kier alpha value is -0.990. The van der Waals surface area contributed by atoms with Gasteiger partial charge in [0.25, 0.3) is 0 Å². The van der Waals surface area contributed by atoms with E-state index in [-0.39, 0.29) is 0 Å². The summed E-state index contributed by atoms with van der Waals surface area (Å²) in [6.45, 7) is 5.24. The van der Waals surface area contributed by atoms with Crippen LogP contribution in [0.3, 0.4) is 0 Å². The van der Waals surface area contributed by atoms with Gasteiger partial charge < -0.3 is 9.73 Å². The summed E-state index contributed by atoms with van der Waals surface area (Å²) in [6.07, 6.45) is 2.22. The summed E-state index contributed by atoms with van der Waals surface area (Å²) in [6, 6.07) is 8.12. The van der Waals surface area contributed by atoms with E-state index in [2.05, 4.69) is 25.2 Å². The Bertz CT molecular complexity index is 486. The topological polar surface area (TPSA) is 25.2 Å². The van der Waals surface area contributed by atoms with E-state index in [9.17, 15) is 0 Å². The molecular formula is C14H18ClNO. The average Bonchev–Trinajstić information content (AvgIpc) is 2.71. The van der Waals surface area contributed by atoms with Crippen LogP contribution in [0.25, 0.3) is 11.0 Å². The lowest BCUT2D eigenvalue weighted by Gasteiger charge is -2.13. The molecule has 1 heterocycles. The van der Waals surface area contributed by atoms with Crippen LogP contribution in [0.4, 0.5) is 0 Å². The third-order valence-corrected chi connectivity index (χ3v) is 3.10. The lowest BCUT2D eigenvalue weighted by Crippen LogP contribution is -2.20. The zero-order valence-electron chi connectivity index (χ0n) is 10.3. The molecule has 0 bridgehead atoms. The van der Waals surface area contributed by atoms with Gasteiger partial charge in [-0.2, -0.15) is 0 Å². The number of halogens is 1. The first-order valence-corrected chi connectivity index (χ1v) is 6.54. The van der Waals surface area contributed by atoms with Crippen LogP contribution in [-0.2, 0) is 0 Å². The molecule has 0 saturated carbocycles. The predicted molar refractivity (Wildman–Crippen MR) is 72.5 cm³/mol. The van der Waals surface area contributed by atoms with Gasteiger partial charge in [0.05, 0.1) is 6.04 Å². The highest BCUT2D eigenvalue weighted by Gasteiger charge is 2.14. The lowest BCUT2D eigenvalue weighted by atomic mass is 10.1. The fourth-order valence-electron chi connectivity index (χ4n) is 2.09. The molecule has 1 N–H and O–H groups in total. The van der Waals surface area contributed by atoms with Crippen molar-refractivity contribution in [2.45, 2.75) is 32.7 Å². The van der Waals surface area contributed by atoms with Gasteiger partial charge in [0.15, 0.2) is 0 Å². The van der Waals surface area contributed by atoms with Crippen LogP contribution in [-0.4, -0.2) is 6.54 Å². The second kappa shape index (κ2) is 5.56. The first-order valence-electron chi connectivity index (χ1n) is 6.17. The van der Waals surface area contributed by atoms with Gasteiger partial charge in [0.2, 0.25) is 0 Å². The van der Waals surface area contributed by atoms with Gasteiger partial charge in [-0.25, -0.2) is 0 Å². The number of nitrogens with one attached hydrogen (secondary N) is 1. The van der Waals surface area contributed by atoms with Crippen molar-refractivity contribution in [1.82, 2.24) is 5.32 Å². The Balaban J connectivity index is 2.33. The van der Waals surface area contributed by atoms with Gasteiger partial charge in [0, 0.05) is 10.4 Å². The molecule has 2 aromatic rings. The molecular weight excluding hydrogens is 234 g/mol. The Kier molecular flexibility index (Phi) is 4.08. The molecule has 0 spiro atoms. The van der Waals surface area contributed by atoms with E-state index in [4.69, 9.17) is 16.0 Å². The maximum absolute atomic E-state index is 5.97. The molecule has 0 amide bonds. The molecule has 0 aliphatic heterocycles. The number of hydrogen-bond acceptors (Lipinski definition) is 2. The molecule has 0 radical (unpaired) electrons. The minimum Gasteiger partial charge on any atom is -0.459 e. The number of fused-ring (bicyclic) bond motifs is 1. The normalized spacial score (nSPS) is 13.1. The van der Waals surface area contributed by atoms with Crippen LogP contribution in [0.1, 0.15) is 38.5 Å². The van der Waals surface area contributed by atoms with E-state index in [1.54, 1.807) is 0 Å². The Morgan fingerprint density at radius 1 is 1.29 bits per heavy atom. The van der Waals surface area contributed by atoms with Gasteiger partial charge in [0.1, 0.15) is 11.3 Å². The minimum atomic E-state index is 0.302. The quantitative estimate of drug-likeness (QED) is 0.844. The summed E-state index contributed by atoms with van der Waals surface area (Å²) in [4.78, 5) is 0. The van der Waals surface area contributed by atoms with E-state index in [1.807, 2.05) is 18.2 Å². The highest BCUT2D eigenvalue weighted by molar-refractivity contribution is 6.31. The zero-order valence-corrected chi connectivity index (χ0v) is 11.1. The third kappa shape index (κ3) is 2.82. The van der Waals surface area contributed by atoms with E-state index >= 15 is 0 Å². The standard InChI is InChI=1S/C14H18ClNO/c1-3-5-12(16-4-2)14-9-10-8-11(15)6-7-13(10)17-14/h6-9,12,16H,3-5H2,1-2H3. The Labute approximate surface area is 107 Å². The first kappa shape index (κ1) is 12.5.